The number of rotatable bonds is 4. The lowest BCUT2D eigenvalue weighted by Gasteiger charge is -1.93. The molecule has 1 aromatic heterocycles. The Morgan fingerprint density at radius 3 is 2.71 bits per heavy atom. The Morgan fingerprint density at radius 2 is 2.29 bits per heavy atom. The Balaban J connectivity index is 2.98. The van der Waals surface area contributed by atoms with Crippen LogP contribution in [0.25, 0.3) is 0 Å². The zero-order valence-electron chi connectivity index (χ0n) is 8.25. The zero-order valence-corrected chi connectivity index (χ0v) is 9.01. The molecule has 5 heteroatoms. The van der Waals surface area contributed by atoms with Crippen molar-refractivity contribution >= 4 is 17.6 Å². The third kappa shape index (κ3) is 2.07. The van der Waals surface area contributed by atoms with Gasteiger partial charge in [0.2, 0.25) is 0 Å². The first kappa shape index (κ1) is 11.0. The standard InChI is InChI=1S/C9H13ClN2O2/c1-3-4-5-6-7(10)8(9(13)14)12(2)11-6/h3-5H2,1-2H3,(H,13,14). The molecule has 1 heterocycles. The Kier molecular flexibility index (Phi) is 3.52. The van der Waals surface area contributed by atoms with Crippen LogP contribution in [0.2, 0.25) is 5.02 Å². The summed E-state index contributed by atoms with van der Waals surface area (Å²) in [5.74, 6) is -1.03. The van der Waals surface area contributed by atoms with Gasteiger partial charge in [0.1, 0.15) is 0 Å². The van der Waals surface area contributed by atoms with E-state index in [1.165, 1.54) is 4.68 Å². The maximum Gasteiger partial charge on any atom is 0.355 e. The molecule has 0 aliphatic rings. The molecule has 0 atom stereocenters. The average molecular weight is 217 g/mol. The fourth-order valence-electron chi connectivity index (χ4n) is 1.29. The highest BCUT2D eigenvalue weighted by Crippen LogP contribution is 2.21. The monoisotopic (exact) mass is 216 g/mol. The molecule has 0 saturated carbocycles. The maximum absolute atomic E-state index is 10.8. The minimum Gasteiger partial charge on any atom is -0.476 e. The van der Waals surface area contributed by atoms with Crippen molar-refractivity contribution in [3.8, 4) is 0 Å². The molecule has 0 spiro atoms. The van der Waals surface area contributed by atoms with Gasteiger partial charge in [-0.2, -0.15) is 5.10 Å². The number of nitrogens with zero attached hydrogens (tertiary/aromatic N) is 2. The highest BCUT2D eigenvalue weighted by molar-refractivity contribution is 6.33. The summed E-state index contributed by atoms with van der Waals surface area (Å²) in [4.78, 5) is 10.8. The number of halogens is 1. The summed E-state index contributed by atoms with van der Waals surface area (Å²) in [6.07, 6.45) is 2.74. The topological polar surface area (TPSA) is 55.1 Å². The lowest BCUT2D eigenvalue weighted by atomic mass is 10.2. The van der Waals surface area contributed by atoms with Gasteiger partial charge in [0.05, 0.1) is 10.7 Å². The van der Waals surface area contributed by atoms with Crippen molar-refractivity contribution in [2.45, 2.75) is 26.2 Å². The summed E-state index contributed by atoms with van der Waals surface area (Å²) >= 11 is 5.90. The number of carbonyl (C=O) groups is 1. The molecule has 0 fully saturated rings. The second-order valence-corrected chi connectivity index (χ2v) is 3.52. The molecule has 1 rings (SSSR count). The van der Waals surface area contributed by atoms with Gasteiger partial charge in [0.15, 0.2) is 5.69 Å². The van der Waals surface area contributed by atoms with Crippen LogP contribution in [0, 0.1) is 0 Å². The summed E-state index contributed by atoms with van der Waals surface area (Å²) in [6, 6.07) is 0. The Labute approximate surface area is 87.5 Å². The highest BCUT2D eigenvalue weighted by atomic mass is 35.5. The van der Waals surface area contributed by atoms with Crippen molar-refractivity contribution in [2.75, 3.05) is 0 Å². The van der Waals surface area contributed by atoms with Crippen LogP contribution in [-0.4, -0.2) is 20.9 Å². The van der Waals surface area contributed by atoms with E-state index < -0.39 is 5.97 Å². The molecule has 1 aromatic rings. The van der Waals surface area contributed by atoms with Crippen LogP contribution < -0.4 is 0 Å². The van der Waals surface area contributed by atoms with Crippen LogP contribution in [0.1, 0.15) is 35.9 Å². The predicted molar refractivity (Wildman–Crippen MR) is 53.8 cm³/mol. The quantitative estimate of drug-likeness (QED) is 0.839. The number of hydrogen-bond acceptors (Lipinski definition) is 2. The van der Waals surface area contributed by atoms with Crippen molar-refractivity contribution < 1.29 is 9.90 Å². The molecule has 14 heavy (non-hydrogen) atoms. The number of carboxylic acids is 1. The van der Waals surface area contributed by atoms with Crippen molar-refractivity contribution in [3.05, 3.63) is 16.4 Å². The van der Waals surface area contributed by atoms with E-state index in [9.17, 15) is 4.79 Å². The molecule has 0 amide bonds. The minimum atomic E-state index is -1.03. The van der Waals surface area contributed by atoms with Gasteiger partial charge in [0, 0.05) is 7.05 Å². The average Bonchev–Trinajstić information content (AvgIpc) is 2.38. The summed E-state index contributed by atoms with van der Waals surface area (Å²) in [7, 11) is 1.59. The SMILES string of the molecule is CCCCc1nn(C)c(C(=O)O)c1Cl. The van der Waals surface area contributed by atoms with Gasteiger partial charge < -0.3 is 5.11 Å². The van der Waals surface area contributed by atoms with E-state index >= 15 is 0 Å². The van der Waals surface area contributed by atoms with E-state index in [2.05, 4.69) is 12.0 Å². The fourth-order valence-corrected chi connectivity index (χ4v) is 1.63. The van der Waals surface area contributed by atoms with Gasteiger partial charge in [-0.3, -0.25) is 4.68 Å². The number of aromatic carboxylic acids is 1. The van der Waals surface area contributed by atoms with E-state index in [0.717, 1.165) is 19.3 Å². The van der Waals surface area contributed by atoms with E-state index in [1.54, 1.807) is 7.05 Å². The van der Waals surface area contributed by atoms with E-state index in [4.69, 9.17) is 16.7 Å². The van der Waals surface area contributed by atoms with Crippen molar-refractivity contribution in [1.82, 2.24) is 9.78 Å². The fraction of sp³-hybridized carbons (Fsp3) is 0.556. The molecule has 0 aliphatic carbocycles. The lowest BCUT2D eigenvalue weighted by Crippen LogP contribution is -2.05. The van der Waals surface area contributed by atoms with Crippen LogP contribution >= 0.6 is 11.6 Å². The molecule has 0 aromatic carbocycles. The first-order chi connectivity index (χ1) is 6.57. The molecular formula is C9H13ClN2O2. The number of aryl methyl sites for hydroxylation is 2. The number of hydrogen-bond donors (Lipinski definition) is 1. The molecule has 0 saturated heterocycles. The maximum atomic E-state index is 10.8. The van der Waals surface area contributed by atoms with Gasteiger partial charge in [-0.15, -0.1) is 0 Å². The zero-order chi connectivity index (χ0) is 10.7. The first-order valence-electron chi connectivity index (χ1n) is 4.52. The summed E-state index contributed by atoms with van der Waals surface area (Å²) in [6.45, 7) is 2.06. The van der Waals surface area contributed by atoms with Gasteiger partial charge in [-0.25, -0.2) is 4.79 Å². The molecule has 0 unspecified atom stereocenters. The third-order valence-corrected chi connectivity index (χ3v) is 2.42. The Hall–Kier alpha value is -1.03. The summed E-state index contributed by atoms with van der Waals surface area (Å²) in [5, 5.41) is 13.2. The van der Waals surface area contributed by atoms with Crippen molar-refractivity contribution in [2.24, 2.45) is 7.05 Å². The molecule has 1 N–H and O–H groups in total. The van der Waals surface area contributed by atoms with Gasteiger partial charge in [-0.05, 0) is 12.8 Å². The van der Waals surface area contributed by atoms with Crippen molar-refractivity contribution in [3.63, 3.8) is 0 Å². The van der Waals surface area contributed by atoms with E-state index in [0.29, 0.717) is 5.69 Å². The van der Waals surface area contributed by atoms with Gasteiger partial charge in [0.25, 0.3) is 0 Å². The van der Waals surface area contributed by atoms with Gasteiger partial charge in [-0.1, -0.05) is 24.9 Å². The van der Waals surface area contributed by atoms with Crippen LogP contribution in [0.5, 0.6) is 0 Å². The summed E-state index contributed by atoms with van der Waals surface area (Å²) < 4.78 is 1.32. The second kappa shape index (κ2) is 4.46. The molecule has 4 nitrogen and oxygen atoms in total. The van der Waals surface area contributed by atoms with E-state index in [-0.39, 0.29) is 10.7 Å². The molecular weight excluding hydrogens is 204 g/mol. The smallest absolute Gasteiger partial charge is 0.355 e. The van der Waals surface area contributed by atoms with Crippen LogP contribution in [0.3, 0.4) is 0 Å². The van der Waals surface area contributed by atoms with Crippen LogP contribution in [-0.2, 0) is 13.5 Å². The largest absolute Gasteiger partial charge is 0.476 e. The van der Waals surface area contributed by atoms with Gasteiger partial charge >= 0.3 is 5.97 Å². The highest BCUT2D eigenvalue weighted by Gasteiger charge is 2.19. The first-order valence-corrected chi connectivity index (χ1v) is 4.90. The Bertz CT molecular complexity index is 347. The predicted octanol–water partition coefficient (Wildman–Crippen LogP) is 2.11. The molecule has 0 radical (unpaired) electrons. The molecule has 0 aliphatic heterocycles. The second-order valence-electron chi connectivity index (χ2n) is 3.14. The third-order valence-electron chi connectivity index (χ3n) is 2.03. The molecule has 0 bridgehead atoms. The number of unbranched alkanes of at least 4 members (excludes halogenated alkanes) is 1. The lowest BCUT2D eigenvalue weighted by molar-refractivity contribution is 0.0685. The summed E-state index contributed by atoms with van der Waals surface area (Å²) in [5.41, 5.74) is 0.742. The minimum absolute atomic E-state index is 0.0674. The number of carboxylic acid groups (broad SMARTS) is 1. The molecule has 78 valence electrons. The number of aromatic nitrogens is 2. The van der Waals surface area contributed by atoms with Crippen LogP contribution in [0.4, 0.5) is 0 Å². The normalized spacial score (nSPS) is 10.5. The van der Waals surface area contributed by atoms with E-state index in [1.807, 2.05) is 0 Å². The Morgan fingerprint density at radius 1 is 1.64 bits per heavy atom. The van der Waals surface area contributed by atoms with Crippen LogP contribution in [0.15, 0.2) is 0 Å². The van der Waals surface area contributed by atoms with Crippen molar-refractivity contribution in [1.29, 1.82) is 0 Å².